The van der Waals surface area contributed by atoms with Crippen molar-refractivity contribution in [1.29, 1.82) is 0 Å². The predicted octanol–water partition coefficient (Wildman–Crippen LogP) is 1.10. The van der Waals surface area contributed by atoms with Gasteiger partial charge in [0.2, 0.25) is 5.91 Å². The fourth-order valence-corrected chi connectivity index (χ4v) is 5.25. The van der Waals surface area contributed by atoms with Gasteiger partial charge in [0, 0.05) is 37.7 Å². The molecule has 0 spiro atoms. The van der Waals surface area contributed by atoms with Gasteiger partial charge in [-0.3, -0.25) is 9.59 Å². The molecule has 6 nitrogen and oxygen atoms in total. The topological polar surface area (TPSA) is 74.8 Å². The molecule has 1 aromatic rings. The van der Waals surface area contributed by atoms with Gasteiger partial charge in [-0.2, -0.15) is 0 Å². The number of hydrogen-bond acceptors (Lipinski definition) is 4. The molecule has 1 saturated carbocycles. The summed E-state index contributed by atoms with van der Waals surface area (Å²) in [6, 6.07) is 4.92. The van der Waals surface area contributed by atoms with E-state index >= 15 is 0 Å². The Morgan fingerprint density at radius 1 is 1.00 bits per heavy atom. The number of amides is 2. The Labute approximate surface area is 147 Å². The lowest BCUT2D eigenvalue weighted by Gasteiger charge is -2.35. The van der Waals surface area contributed by atoms with Crippen molar-refractivity contribution in [2.75, 3.05) is 31.9 Å². The first-order valence-electron chi connectivity index (χ1n) is 8.89. The normalized spacial score (nSPS) is 22.4. The van der Waals surface area contributed by atoms with E-state index in [9.17, 15) is 18.0 Å². The number of nitrogens with zero attached hydrogens (tertiary/aromatic N) is 2. The highest BCUT2D eigenvalue weighted by Crippen LogP contribution is 2.31. The predicted molar refractivity (Wildman–Crippen MR) is 92.0 cm³/mol. The van der Waals surface area contributed by atoms with Gasteiger partial charge in [0.05, 0.1) is 10.6 Å². The Morgan fingerprint density at radius 3 is 2.36 bits per heavy atom. The van der Waals surface area contributed by atoms with Gasteiger partial charge >= 0.3 is 0 Å². The Balaban J connectivity index is 1.46. The third-order valence-corrected chi connectivity index (χ3v) is 7.20. The molecule has 3 aliphatic rings. The van der Waals surface area contributed by atoms with Gasteiger partial charge in [-0.15, -0.1) is 0 Å². The second-order valence-corrected chi connectivity index (χ2v) is 9.21. The van der Waals surface area contributed by atoms with Crippen molar-refractivity contribution < 1.29 is 18.0 Å². The van der Waals surface area contributed by atoms with E-state index in [0.717, 1.165) is 18.4 Å². The molecular formula is C18H22N2O4S. The SMILES string of the molecule is O=C(c1ccc2c(c1)CCCS2(=O)=O)N1CCN(C(=O)C2CC2)CC1. The number of rotatable bonds is 2. The van der Waals surface area contributed by atoms with Crippen molar-refractivity contribution in [3.05, 3.63) is 29.3 Å². The molecule has 0 aromatic heterocycles. The van der Waals surface area contributed by atoms with E-state index in [2.05, 4.69) is 0 Å². The summed E-state index contributed by atoms with van der Waals surface area (Å²) in [5, 5.41) is 0. The number of benzene rings is 1. The molecule has 0 bridgehead atoms. The number of piperazine rings is 1. The number of carbonyl (C=O) groups excluding carboxylic acids is 2. The molecule has 1 aromatic carbocycles. The molecule has 4 rings (SSSR count). The number of sulfone groups is 1. The zero-order valence-electron chi connectivity index (χ0n) is 14.1. The van der Waals surface area contributed by atoms with Gasteiger partial charge in [-0.25, -0.2) is 8.42 Å². The average Bonchev–Trinajstić information content (AvgIpc) is 3.45. The minimum Gasteiger partial charge on any atom is -0.339 e. The summed E-state index contributed by atoms with van der Waals surface area (Å²) in [4.78, 5) is 28.8. The third kappa shape index (κ3) is 3.17. The molecule has 0 radical (unpaired) electrons. The van der Waals surface area contributed by atoms with Crippen LogP contribution in [-0.2, 0) is 21.1 Å². The van der Waals surface area contributed by atoms with E-state index in [1.807, 2.05) is 4.90 Å². The Hall–Kier alpha value is -1.89. The van der Waals surface area contributed by atoms with Gasteiger partial charge in [-0.05, 0) is 49.4 Å². The van der Waals surface area contributed by atoms with Crippen molar-refractivity contribution in [2.24, 2.45) is 5.92 Å². The van der Waals surface area contributed by atoms with Crippen LogP contribution in [-0.4, -0.2) is 62.0 Å². The number of hydrogen-bond donors (Lipinski definition) is 0. The van der Waals surface area contributed by atoms with Crippen LogP contribution in [0.25, 0.3) is 0 Å². The minimum absolute atomic E-state index is 0.0794. The Morgan fingerprint density at radius 2 is 1.68 bits per heavy atom. The summed E-state index contributed by atoms with van der Waals surface area (Å²) in [5.74, 6) is 0.546. The highest BCUT2D eigenvalue weighted by molar-refractivity contribution is 7.91. The first kappa shape index (κ1) is 16.6. The fraction of sp³-hybridized carbons (Fsp3) is 0.556. The van der Waals surface area contributed by atoms with Crippen molar-refractivity contribution in [2.45, 2.75) is 30.6 Å². The molecule has 0 N–H and O–H groups in total. The summed E-state index contributed by atoms with van der Waals surface area (Å²) in [6.45, 7) is 2.24. The summed E-state index contributed by atoms with van der Waals surface area (Å²) in [5.41, 5.74) is 1.29. The van der Waals surface area contributed by atoms with Crippen LogP contribution in [0.4, 0.5) is 0 Å². The van der Waals surface area contributed by atoms with Crippen LogP contribution >= 0.6 is 0 Å². The zero-order valence-corrected chi connectivity index (χ0v) is 14.9. The lowest BCUT2D eigenvalue weighted by molar-refractivity contribution is -0.134. The molecule has 0 atom stereocenters. The average molecular weight is 362 g/mol. The maximum absolute atomic E-state index is 12.7. The van der Waals surface area contributed by atoms with Crippen LogP contribution in [0.3, 0.4) is 0 Å². The monoisotopic (exact) mass is 362 g/mol. The summed E-state index contributed by atoms with van der Waals surface area (Å²) in [6.07, 6.45) is 3.29. The fourth-order valence-electron chi connectivity index (χ4n) is 3.67. The lowest BCUT2D eigenvalue weighted by Crippen LogP contribution is -2.51. The van der Waals surface area contributed by atoms with Crippen molar-refractivity contribution in [3.63, 3.8) is 0 Å². The van der Waals surface area contributed by atoms with Gasteiger partial charge in [0.25, 0.3) is 5.91 Å². The van der Waals surface area contributed by atoms with E-state index in [1.54, 1.807) is 23.1 Å². The van der Waals surface area contributed by atoms with E-state index < -0.39 is 9.84 Å². The maximum Gasteiger partial charge on any atom is 0.253 e. The number of carbonyl (C=O) groups is 2. The minimum atomic E-state index is -3.20. The van der Waals surface area contributed by atoms with Gasteiger partial charge < -0.3 is 9.80 Å². The first-order valence-corrected chi connectivity index (χ1v) is 10.5. The zero-order chi connectivity index (χ0) is 17.6. The number of aryl methyl sites for hydroxylation is 1. The Bertz CT molecular complexity index is 821. The molecule has 25 heavy (non-hydrogen) atoms. The number of fused-ring (bicyclic) bond motifs is 1. The van der Waals surface area contributed by atoms with Crippen LogP contribution in [0.1, 0.15) is 35.2 Å². The second kappa shape index (κ2) is 6.12. The molecule has 134 valence electrons. The van der Waals surface area contributed by atoms with Crippen LogP contribution in [0.5, 0.6) is 0 Å². The first-order chi connectivity index (χ1) is 12.0. The smallest absolute Gasteiger partial charge is 0.253 e. The van der Waals surface area contributed by atoms with E-state index in [0.29, 0.717) is 49.5 Å². The highest BCUT2D eigenvalue weighted by Gasteiger charge is 2.35. The van der Waals surface area contributed by atoms with E-state index in [4.69, 9.17) is 0 Å². The highest BCUT2D eigenvalue weighted by atomic mass is 32.2. The van der Waals surface area contributed by atoms with Gasteiger partial charge in [0.1, 0.15) is 0 Å². The van der Waals surface area contributed by atoms with Crippen LogP contribution in [0, 0.1) is 5.92 Å². The second-order valence-electron chi connectivity index (χ2n) is 7.14. The standard InChI is InChI=1S/C18H22N2O4S/c21-17(13-3-4-13)19-7-9-20(10-8-19)18(22)15-5-6-16-14(12-15)2-1-11-25(16,23)24/h5-6,12-13H,1-4,7-11H2. The van der Waals surface area contributed by atoms with Crippen LogP contribution in [0.2, 0.25) is 0 Å². The van der Waals surface area contributed by atoms with Crippen molar-refractivity contribution in [1.82, 2.24) is 9.80 Å². The Kier molecular flexibility index (Phi) is 4.06. The quantitative estimate of drug-likeness (QED) is 0.790. The maximum atomic E-state index is 12.7. The van der Waals surface area contributed by atoms with E-state index in [-0.39, 0.29) is 23.5 Å². The molecule has 1 aliphatic carbocycles. The van der Waals surface area contributed by atoms with E-state index in [1.165, 1.54) is 0 Å². The molecule has 1 saturated heterocycles. The molecular weight excluding hydrogens is 340 g/mol. The van der Waals surface area contributed by atoms with Crippen LogP contribution in [0.15, 0.2) is 23.1 Å². The van der Waals surface area contributed by atoms with Crippen molar-refractivity contribution in [3.8, 4) is 0 Å². The largest absolute Gasteiger partial charge is 0.339 e. The summed E-state index contributed by atoms with van der Waals surface area (Å²) in [7, 11) is -3.20. The molecule has 2 amide bonds. The van der Waals surface area contributed by atoms with Crippen LogP contribution < -0.4 is 0 Å². The molecule has 2 fully saturated rings. The van der Waals surface area contributed by atoms with Crippen molar-refractivity contribution >= 4 is 21.7 Å². The van der Waals surface area contributed by atoms with Gasteiger partial charge in [0.15, 0.2) is 9.84 Å². The molecule has 2 aliphatic heterocycles. The molecule has 2 heterocycles. The molecule has 0 unspecified atom stereocenters. The summed E-state index contributed by atoms with van der Waals surface area (Å²) < 4.78 is 24.2. The van der Waals surface area contributed by atoms with Gasteiger partial charge in [-0.1, -0.05) is 0 Å². The molecule has 7 heteroatoms. The summed E-state index contributed by atoms with van der Waals surface area (Å²) >= 11 is 0. The lowest BCUT2D eigenvalue weighted by atomic mass is 10.0. The third-order valence-electron chi connectivity index (χ3n) is 5.31.